The van der Waals surface area contributed by atoms with Crippen molar-refractivity contribution in [1.29, 1.82) is 0 Å². The zero-order valence-corrected chi connectivity index (χ0v) is 11.3. The second-order valence-corrected chi connectivity index (χ2v) is 4.98. The van der Waals surface area contributed by atoms with Crippen molar-refractivity contribution in [2.24, 2.45) is 4.99 Å². The van der Waals surface area contributed by atoms with Crippen LogP contribution in [0, 0.1) is 0 Å². The average molecular weight is 256 g/mol. The van der Waals surface area contributed by atoms with Crippen LogP contribution in [0.25, 0.3) is 10.9 Å². The first-order chi connectivity index (χ1) is 9.36. The quantitative estimate of drug-likeness (QED) is 0.640. The third-order valence-corrected chi connectivity index (χ3v) is 3.64. The first kappa shape index (κ1) is 12.1. The maximum atomic E-state index is 4.36. The lowest BCUT2D eigenvalue weighted by molar-refractivity contribution is 0.493. The molecule has 4 nitrogen and oxygen atoms in total. The Kier molecular flexibility index (Phi) is 3.40. The predicted molar refractivity (Wildman–Crippen MR) is 79.3 cm³/mol. The Balaban J connectivity index is 1.67. The number of aromatic nitrogens is 1. The number of nitrogens with zero attached hydrogens (tertiary/aromatic N) is 2. The highest BCUT2D eigenvalue weighted by Gasteiger charge is 2.15. The summed E-state index contributed by atoms with van der Waals surface area (Å²) in [4.78, 5) is 10.1. The van der Waals surface area contributed by atoms with Gasteiger partial charge in [-0.25, -0.2) is 0 Å². The van der Waals surface area contributed by atoms with Gasteiger partial charge in [-0.05, 0) is 30.4 Å². The van der Waals surface area contributed by atoms with Crippen molar-refractivity contribution in [3.8, 4) is 0 Å². The number of fused-ring (bicyclic) bond motifs is 1. The molecule has 0 bridgehead atoms. The van der Waals surface area contributed by atoms with Crippen molar-refractivity contribution in [3.05, 3.63) is 36.0 Å². The monoisotopic (exact) mass is 256 g/mol. The van der Waals surface area contributed by atoms with E-state index in [4.69, 9.17) is 0 Å². The summed E-state index contributed by atoms with van der Waals surface area (Å²) < 4.78 is 0. The molecule has 1 aliphatic rings. The van der Waals surface area contributed by atoms with Gasteiger partial charge >= 0.3 is 0 Å². The van der Waals surface area contributed by atoms with E-state index < -0.39 is 0 Å². The highest BCUT2D eigenvalue weighted by atomic mass is 15.3. The number of para-hydroxylation sites is 1. The Hall–Kier alpha value is -1.97. The molecule has 19 heavy (non-hydrogen) atoms. The van der Waals surface area contributed by atoms with Gasteiger partial charge in [-0.1, -0.05) is 18.2 Å². The lowest BCUT2D eigenvalue weighted by atomic mass is 10.2. The van der Waals surface area contributed by atoms with Crippen LogP contribution in [0.1, 0.15) is 18.5 Å². The molecule has 2 heterocycles. The fraction of sp³-hybridized carbons (Fsp3) is 0.400. The number of aromatic amines is 1. The van der Waals surface area contributed by atoms with Gasteiger partial charge in [-0.3, -0.25) is 4.99 Å². The van der Waals surface area contributed by atoms with Crippen LogP contribution >= 0.6 is 0 Å². The molecular formula is C15H20N4. The van der Waals surface area contributed by atoms with Crippen LogP contribution in [-0.4, -0.2) is 36.0 Å². The van der Waals surface area contributed by atoms with E-state index >= 15 is 0 Å². The van der Waals surface area contributed by atoms with Crippen molar-refractivity contribution >= 4 is 16.9 Å². The fourth-order valence-corrected chi connectivity index (χ4v) is 2.66. The number of aliphatic imine (C=N–C) groups is 1. The van der Waals surface area contributed by atoms with Crippen LogP contribution in [0.15, 0.2) is 35.3 Å². The van der Waals surface area contributed by atoms with Gasteiger partial charge in [0, 0.05) is 31.3 Å². The van der Waals surface area contributed by atoms with Gasteiger partial charge in [-0.15, -0.1) is 0 Å². The third-order valence-electron chi connectivity index (χ3n) is 3.64. The van der Waals surface area contributed by atoms with Crippen molar-refractivity contribution in [1.82, 2.24) is 15.2 Å². The van der Waals surface area contributed by atoms with Crippen LogP contribution in [0.3, 0.4) is 0 Å². The van der Waals surface area contributed by atoms with Gasteiger partial charge in [0.2, 0.25) is 0 Å². The molecule has 3 rings (SSSR count). The van der Waals surface area contributed by atoms with Crippen molar-refractivity contribution in [2.75, 3.05) is 20.1 Å². The number of hydrogen-bond acceptors (Lipinski definition) is 1. The smallest absolute Gasteiger partial charge is 0.193 e. The number of H-pyrrole nitrogens is 1. The van der Waals surface area contributed by atoms with Gasteiger partial charge in [0.1, 0.15) is 0 Å². The molecule has 0 atom stereocenters. The topological polar surface area (TPSA) is 43.4 Å². The van der Waals surface area contributed by atoms with Crippen LogP contribution in [-0.2, 0) is 6.54 Å². The molecule has 1 fully saturated rings. The molecule has 1 saturated heterocycles. The molecule has 0 radical (unpaired) electrons. The summed E-state index contributed by atoms with van der Waals surface area (Å²) in [5.41, 5.74) is 2.39. The number of likely N-dealkylation sites (tertiary alicyclic amines) is 1. The zero-order valence-electron chi connectivity index (χ0n) is 11.3. The van der Waals surface area contributed by atoms with Crippen molar-refractivity contribution in [2.45, 2.75) is 19.4 Å². The molecule has 1 aliphatic heterocycles. The van der Waals surface area contributed by atoms with E-state index in [1.165, 1.54) is 29.4 Å². The zero-order chi connectivity index (χ0) is 13.1. The third kappa shape index (κ3) is 2.57. The second-order valence-electron chi connectivity index (χ2n) is 4.98. The van der Waals surface area contributed by atoms with Crippen LogP contribution < -0.4 is 5.32 Å². The second kappa shape index (κ2) is 5.34. The molecule has 0 aliphatic carbocycles. The van der Waals surface area contributed by atoms with Crippen LogP contribution in [0.2, 0.25) is 0 Å². The summed E-state index contributed by atoms with van der Waals surface area (Å²) in [6.07, 6.45) is 2.54. The molecule has 2 N–H and O–H groups in total. The maximum Gasteiger partial charge on any atom is 0.193 e. The first-order valence-electron chi connectivity index (χ1n) is 6.89. The minimum Gasteiger partial charge on any atom is -0.357 e. The van der Waals surface area contributed by atoms with E-state index in [1.54, 1.807) is 0 Å². The fourth-order valence-electron chi connectivity index (χ4n) is 2.66. The molecule has 100 valence electrons. The number of rotatable bonds is 2. The van der Waals surface area contributed by atoms with E-state index in [1.807, 2.05) is 7.05 Å². The van der Waals surface area contributed by atoms with E-state index in [9.17, 15) is 0 Å². The molecule has 4 heteroatoms. The predicted octanol–water partition coefficient (Wildman–Crippen LogP) is 2.34. The van der Waals surface area contributed by atoms with Crippen LogP contribution in [0.5, 0.6) is 0 Å². The van der Waals surface area contributed by atoms with Gasteiger partial charge in [0.15, 0.2) is 5.96 Å². The van der Waals surface area contributed by atoms with Gasteiger partial charge in [0.05, 0.1) is 6.54 Å². The van der Waals surface area contributed by atoms with Crippen molar-refractivity contribution in [3.63, 3.8) is 0 Å². The first-order valence-corrected chi connectivity index (χ1v) is 6.89. The van der Waals surface area contributed by atoms with Gasteiger partial charge < -0.3 is 15.2 Å². The molecule has 0 unspecified atom stereocenters. The maximum absolute atomic E-state index is 4.36. The summed E-state index contributed by atoms with van der Waals surface area (Å²) >= 11 is 0. The normalized spacial score (nSPS) is 16.3. The Labute approximate surface area is 113 Å². The Morgan fingerprint density at radius 1 is 1.32 bits per heavy atom. The van der Waals surface area contributed by atoms with Crippen LogP contribution in [0.4, 0.5) is 0 Å². The Morgan fingerprint density at radius 3 is 2.84 bits per heavy atom. The number of benzene rings is 1. The largest absolute Gasteiger partial charge is 0.357 e. The van der Waals surface area contributed by atoms with E-state index in [0.717, 1.165) is 25.6 Å². The van der Waals surface area contributed by atoms with Gasteiger partial charge in [0.25, 0.3) is 0 Å². The van der Waals surface area contributed by atoms with E-state index in [2.05, 4.69) is 50.5 Å². The Bertz CT molecular complexity index is 546. The van der Waals surface area contributed by atoms with E-state index in [0.29, 0.717) is 0 Å². The molecular weight excluding hydrogens is 236 g/mol. The standard InChI is InChI=1S/C15H20N4/c1-16-15(19-8-4-5-9-19)17-11-13-10-12-6-2-3-7-14(12)18-13/h2-3,6-7,10,18H,4-5,8-9,11H2,1H3,(H,16,17). The minimum absolute atomic E-state index is 0.790. The minimum atomic E-state index is 0.790. The van der Waals surface area contributed by atoms with E-state index in [-0.39, 0.29) is 0 Å². The summed E-state index contributed by atoms with van der Waals surface area (Å²) in [5, 5.41) is 4.69. The lowest BCUT2D eigenvalue weighted by Crippen LogP contribution is -2.39. The highest BCUT2D eigenvalue weighted by Crippen LogP contribution is 2.14. The average Bonchev–Trinajstić information content (AvgIpc) is 3.08. The summed E-state index contributed by atoms with van der Waals surface area (Å²) in [7, 11) is 1.85. The summed E-state index contributed by atoms with van der Waals surface area (Å²) in [6.45, 7) is 3.02. The number of guanidine groups is 1. The molecule has 0 saturated carbocycles. The highest BCUT2D eigenvalue weighted by molar-refractivity contribution is 5.82. The summed E-state index contributed by atoms with van der Waals surface area (Å²) in [6, 6.07) is 10.5. The molecule has 0 amide bonds. The lowest BCUT2D eigenvalue weighted by Gasteiger charge is -2.20. The number of nitrogens with one attached hydrogen (secondary N) is 2. The molecule has 1 aromatic heterocycles. The van der Waals surface area contributed by atoms with Crippen molar-refractivity contribution < 1.29 is 0 Å². The Morgan fingerprint density at radius 2 is 2.11 bits per heavy atom. The van der Waals surface area contributed by atoms with Gasteiger partial charge in [-0.2, -0.15) is 0 Å². The summed E-state index contributed by atoms with van der Waals surface area (Å²) in [5.74, 6) is 1.01. The SMILES string of the molecule is CN=C(NCc1cc2ccccc2[nH]1)N1CCCC1. The molecule has 2 aromatic rings. The molecule has 0 spiro atoms. The number of hydrogen-bond donors (Lipinski definition) is 2. The molecule has 1 aromatic carbocycles.